The van der Waals surface area contributed by atoms with Gasteiger partial charge in [0.15, 0.2) is 5.15 Å². The monoisotopic (exact) mass is 477 g/mol. The summed E-state index contributed by atoms with van der Waals surface area (Å²) in [6, 6.07) is 8.50. The highest BCUT2D eigenvalue weighted by molar-refractivity contribution is 6.29. The topological polar surface area (TPSA) is 47.8 Å². The lowest BCUT2D eigenvalue weighted by molar-refractivity contribution is -0.138. The Bertz CT molecular complexity index is 1260. The second kappa shape index (κ2) is 9.09. The third-order valence-corrected chi connectivity index (χ3v) is 6.06. The van der Waals surface area contributed by atoms with Crippen molar-refractivity contribution in [2.24, 2.45) is 0 Å². The van der Waals surface area contributed by atoms with Crippen LogP contribution in [-0.2, 0) is 12.7 Å². The minimum Gasteiger partial charge on any atom is -0.267 e. The van der Waals surface area contributed by atoms with E-state index in [4.69, 9.17) is 11.6 Å². The summed E-state index contributed by atoms with van der Waals surface area (Å²) in [6.45, 7) is 1.40. The number of nitrogens with zero attached hydrogens (tertiary/aromatic N) is 3. The molecule has 4 rings (SSSR count). The normalized spacial score (nSPS) is 16.5. The number of rotatable bonds is 4. The van der Waals surface area contributed by atoms with E-state index in [1.54, 1.807) is 6.07 Å². The maximum atomic E-state index is 14.4. The van der Waals surface area contributed by atoms with Crippen molar-refractivity contribution < 1.29 is 17.6 Å². The molecule has 0 saturated carbocycles. The second-order valence-electron chi connectivity index (χ2n) is 8.01. The van der Waals surface area contributed by atoms with Gasteiger partial charge in [0, 0.05) is 11.8 Å². The van der Waals surface area contributed by atoms with Crippen molar-refractivity contribution in [3.05, 3.63) is 97.9 Å². The standard InChI is InChI=1S/C24H20ClF4N3O/c1-14-4-2-6-19(26)22(14)16-9-7-15(8-10-16)17-12-21(25)31-32(23(17)33)13-20-18(24(27,28)29)5-3-11-30-20/h2-7,11-12,16H,8-10,13H2,1H3. The molecule has 2 heterocycles. The van der Waals surface area contributed by atoms with E-state index in [-0.39, 0.29) is 28.1 Å². The van der Waals surface area contributed by atoms with Crippen LogP contribution in [0.5, 0.6) is 0 Å². The van der Waals surface area contributed by atoms with Crippen LogP contribution >= 0.6 is 11.6 Å². The van der Waals surface area contributed by atoms with E-state index in [0.717, 1.165) is 21.9 Å². The fraction of sp³-hybridized carbons (Fsp3) is 0.292. The lowest BCUT2D eigenvalue weighted by atomic mass is 9.81. The summed E-state index contributed by atoms with van der Waals surface area (Å²) in [5, 5.41) is 3.91. The first-order chi connectivity index (χ1) is 15.6. The van der Waals surface area contributed by atoms with Gasteiger partial charge in [0.1, 0.15) is 5.82 Å². The molecule has 4 nitrogen and oxygen atoms in total. The number of aromatic nitrogens is 3. The molecule has 0 fully saturated rings. The molecule has 1 atom stereocenters. The van der Waals surface area contributed by atoms with Gasteiger partial charge >= 0.3 is 6.18 Å². The highest BCUT2D eigenvalue weighted by Gasteiger charge is 2.34. The van der Waals surface area contributed by atoms with Crippen molar-refractivity contribution in [3.63, 3.8) is 0 Å². The van der Waals surface area contributed by atoms with Crippen LogP contribution in [0, 0.1) is 12.7 Å². The van der Waals surface area contributed by atoms with E-state index in [2.05, 4.69) is 10.1 Å². The zero-order valence-electron chi connectivity index (χ0n) is 17.7. The van der Waals surface area contributed by atoms with E-state index >= 15 is 0 Å². The molecule has 0 aliphatic heterocycles. The largest absolute Gasteiger partial charge is 0.418 e. The van der Waals surface area contributed by atoms with Crippen LogP contribution in [-0.4, -0.2) is 14.8 Å². The smallest absolute Gasteiger partial charge is 0.267 e. The Morgan fingerprint density at radius 3 is 2.67 bits per heavy atom. The zero-order valence-corrected chi connectivity index (χ0v) is 18.4. The van der Waals surface area contributed by atoms with Gasteiger partial charge in [-0.2, -0.15) is 18.3 Å². The Morgan fingerprint density at radius 1 is 1.21 bits per heavy atom. The van der Waals surface area contributed by atoms with E-state index < -0.39 is 23.8 Å². The van der Waals surface area contributed by atoms with Crippen LogP contribution in [0.3, 0.4) is 0 Å². The van der Waals surface area contributed by atoms with Gasteiger partial charge in [-0.05, 0) is 73.1 Å². The Balaban J connectivity index is 1.65. The summed E-state index contributed by atoms with van der Waals surface area (Å²) in [5.41, 5.74) is 0.754. The lowest BCUT2D eigenvalue weighted by Crippen LogP contribution is -2.28. The van der Waals surface area contributed by atoms with Crippen molar-refractivity contribution in [2.75, 3.05) is 0 Å². The maximum Gasteiger partial charge on any atom is 0.418 e. The number of aryl methyl sites for hydroxylation is 1. The van der Waals surface area contributed by atoms with E-state index in [1.807, 2.05) is 19.1 Å². The summed E-state index contributed by atoms with van der Waals surface area (Å²) in [5.74, 6) is -0.265. The number of allylic oxidation sites excluding steroid dienone is 2. The van der Waals surface area contributed by atoms with Crippen molar-refractivity contribution in [1.82, 2.24) is 14.8 Å². The third-order valence-electron chi connectivity index (χ3n) is 5.88. The summed E-state index contributed by atoms with van der Waals surface area (Å²) in [7, 11) is 0. The van der Waals surface area contributed by atoms with Gasteiger partial charge in [-0.3, -0.25) is 9.78 Å². The van der Waals surface area contributed by atoms with Gasteiger partial charge in [0.2, 0.25) is 0 Å². The Morgan fingerprint density at radius 2 is 2.00 bits per heavy atom. The van der Waals surface area contributed by atoms with Crippen molar-refractivity contribution in [1.29, 1.82) is 0 Å². The van der Waals surface area contributed by atoms with Crippen LogP contribution < -0.4 is 5.56 Å². The molecule has 3 aromatic rings. The molecule has 1 aliphatic rings. The van der Waals surface area contributed by atoms with Crippen LogP contribution in [0.2, 0.25) is 5.15 Å². The third kappa shape index (κ3) is 4.85. The number of alkyl halides is 3. The molecule has 1 aromatic carbocycles. The fourth-order valence-electron chi connectivity index (χ4n) is 4.31. The molecule has 2 aromatic heterocycles. The fourth-order valence-corrected chi connectivity index (χ4v) is 4.51. The van der Waals surface area contributed by atoms with Crippen LogP contribution in [0.25, 0.3) is 5.57 Å². The van der Waals surface area contributed by atoms with E-state index in [0.29, 0.717) is 24.8 Å². The van der Waals surface area contributed by atoms with Gasteiger partial charge in [-0.1, -0.05) is 29.8 Å². The predicted molar refractivity (Wildman–Crippen MR) is 118 cm³/mol. The molecule has 0 bridgehead atoms. The van der Waals surface area contributed by atoms with Crippen LogP contribution in [0.1, 0.15) is 53.1 Å². The SMILES string of the molecule is Cc1cccc(F)c1C1CC=C(c2cc(Cl)nn(Cc3ncccc3C(F)(F)F)c2=O)CC1. The zero-order chi connectivity index (χ0) is 23.8. The molecule has 1 aliphatic carbocycles. The predicted octanol–water partition coefficient (Wildman–Crippen LogP) is 6.16. The van der Waals surface area contributed by atoms with Crippen molar-refractivity contribution >= 4 is 17.2 Å². The molecule has 9 heteroatoms. The quantitative estimate of drug-likeness (QED) is 0.423. The molecule has 33 heavy (non-hydrogen) atoms. The van der Waals surface area contributed by atoms with E-state index in [1.165, 1.54) is 24.4 Å². The molecule has 0 spiro atoms. The molecule has 0 saturated heterocycles. The Hall–Kier alpha value is -3.00. The molecular weight excluding hydrogens is 458 g/mol. The second-order valence-corrected chi connectivity index (χ2v) is 8.40. The number of pyridine rings is 1. The summed E-state index contributed by atoms with van der Waals surface area (Å²) in [6.07, 6.45) is 0.168. The molecule has 0 N–H and O–H groups in total. The molecule has 0 radical (unpaired) electrons. The summed E-state index contributed by atoms with van der Waals surface area (Å²) in [4.78, 5) is 16.9. The minimum absolute atomic E-state index is 0.0120. The van der Waals surface area contributed by atoms with Crippen LogP contribution in [0.15, 0.2) is 53.5 Å². The van der Waals surface area contributed by atoms with Gasteiger partial charge in [0.05, 0.1) is 17.8 Å². The Kier molecular flexibility index (Phi) is 6.38. The van der Waals surface area contributed by atoms with Gasteiger partial charge < -0.3 is 0 Å². The summed E-state index contributed by atoms with van der Waals surface area (Å²) < 4.78 is 55.2. The average molecular weight is 478 g/mol. The maximum absolute atomic E-state index is 14.4. The number of halogens is 5. The average Bonchev–Trinajstić information content (AvgIpc) is 2.76. The Labute approximate surface area is 192 Å². The lowest BCUT2D eigenvalue weighted by Gasteiger charge is -2.24. The number of hydrogen-bond donors (Lipinski definition) is 0. The van der Waals surface area contributed by atoms with Gasteiger partial charge in [0.25, 0.3) is 5.56 Å². The molecule has 0 amide bonds. The number of benzene rings is 1. The van der Waals surface area contributed by atoms with Crippen molar-refractivity contribution in [3.8, 4) is 0 Å². The minimum atomic E-state index is -4.61. The van der Waals surface area contributed by atoms with E-state index in [9.17, 15) is 22.4 Å². The first-order valence-corrected chi connectivity index (χ1v) is 10.8. The number of hydrogen-bond acceptors (Lipinski definition) is 3. The van der Waals surface area contributed by atoms with Crippen LogP contribution in [0.4, 0.5) is 17.6 Å². The molecular formula is C24H20ClF4N3O. The first-order valence-electron chi connectivity index (χ1n) is 10.4. The highest BCUT2D eigenvalue weighted by atomic mass is 35.5. The first kappa shape index (κ1) is 23.2. The highest BCUT2D eigenvalue weighted by Crippen LogP contribution is 2.38. The van der Waals surface area contributed by atoms with Gasteiger partial charge in [-0.15, -0.1) is 0 Å². The summed E-state index contributed by atoms with van der Waals surface area (Å²) >= 11 is 6.11. The van der Waals surface area contributed by atoms with Gasteiger partial charge in [-0.25, -0.2) is 9.07 Å². The van der Waals surface area contributed by atoms with Crippen molar-refractivity contribution in [2.45, 2.75) is 44.8 Å². The molecule has 172 valence electrons. The molecule has 1 unspecified atom stereocenters.